The fourth-order valence-electron chi connectivity index (χ4n) is 4.64. The molecule has 2 aromatic heterocycles. The van der Waals surface area contributed by atoms with Crippen molar-refractivity contribution in [3.05, 3.63) is 54.4 Å². The summed E-state index contributed by atoms with van der Waals surface area (Å²) in [5.41, 5.74) is 2.89. The van der Waals surface area contributed by atoms with Gasteiger partial charge in [-0.25, -0.2) is 12.9 Å². The van der Waals surface area contributed by atoms with E-state index in [-0.39, 0.29) is 18.5 Å². The van der Waals surface area contributed by atoms with Crippen LogP contribution in [-0.4, -0.2) is 49.6 Å². The maximum atomic E-state index is 13.8. The summed E-state index contributed by atoms with van der Waals surface area (Å²) >= 11 is 0. The number of carbonyl (C=O) groups excluding carboxylic acids is 1. The van der Waals surface area contributed by atoms with Gasteiger partial charge >= 0.3 is 5.97 Å². The molecule has 1 aromatic carbocycles. The van der Waals surface area contributed by atoms with Crippen LogP contribution in [0.5, 0.6) is 0 Å². The number of carbonyl (C=O) groups is 1. The number of hydrogen-bond acceptors (Lipinski definition) is 6. The molecular formula is C25H30N2O5S. The number of methoxy groups -OCH3 is 2. The highest BCUT2D eigenvalue weighted by atomic mass is 32.2. The fourth-order valence-corrected chi connectivity index (χ4v) is 6.71. The van der Waals surface area contributed by atoms with Gasteiger partial charge in [-0.1, -0.05) is 37.5 Å². The second-order valence-corrected chi connectivity index (χ2v) is 10.8. The number of sulfone groups is 1. The van der Waals surface area contributed by atoms with E-state index in [9.17, 15) is 13.2 Å². The van der Waals surface area contributed by atoms with E-state index in [0.717, 1.165) is 42.3 Å². The molecule has 0 saturated heterocycles. The van der Waals surface area contributed by atoms with Crippen LogP contribution in [0.15, 0.2) is 53.7 Å². The Kier molecular flexibility index (Phi) is 7.14. The van der Waals surface area contributed by atoms with Crippen LogP contribution in [0.4, 0.5) is 0 Å². The zero-order valence-electron chi connectivity index (χ0n) is 19.1. The average Bonchev–Trinajstić information content (AvgIpc) is 3.20. The highest BCUT2D eigenvalue weighted by molar-refractivity contribution is 7.92. The Labute approximate surface area is 194 Å². The zero-order chi connectivity index (χ0) is 23.4. The number of ether oxygens (including phenoxy) is 2. The highest BCUT2D eigenvalue weighted by Gasteiger charge is 2.32. The first-order valence-corrected chi connectivity index (χ1v) is 12.9. The normalized spacial score (nSPS) is 19.7. The number of benzene rings is 1. The van der Waals surface area contributed by atoms with Gasteiger partial charge < -0.3 is 9.47 Å². The van der Waals surface area contributed by atoms with E-state index < -0.39 is 15.1 Å². The minimum Gasteiger partial charge on any atom is -0.469 e. The second kappa shape index (κ2) is 10.1. The number of rotatable bonds is 6. The lowest BCUT2D eigenvalue weighted by molar-refractivity contribution is -0.139. The van der Waals surface area contributed by atoms with Crippen molar-refractivity contribution in [2.75, 3.05) is 14.2 Å². The van der Waals surface area contributed by atoms with Crippen molar-refractivity contribution in [3.8, 4) is 11.1 Å². The molecule has 0 bridgehead atoms. The Morgan fingerprint density at radius 3 is 2.70 bits per heavy atom. The summed E-state index contributed by atoms with van der Waals surface area (Å²) < 4.78 is 39.7. The smallest absolute Gasteiger partial charge is 0.310 e. The van der Waals surface area contributed by atoms with Crippen LogP contribution in [0.25, 0.3) is 16.6 Å². The standard InChI is InChI=1S/C25H30N2O5S/c1-31-20-8-4-3-5-9-21(16-20)33(29,30)24-11-7-6-10-22(24)18-12-13-27-23(14-18)19(17-26-27)15-25(28)32-2/h6-7,10-14,17,20-21H,3-5,8-9,15-16H2,1-2H3. The molecule has 1 saturated carbocycles. The van der Waals surface area contributed by atoms with E-state index in [4.69, 9.17) is 9.47 Å². The topological polar surface area (TPSA) is 87.0 Å². The van der Waals surface area contributed by atoms with Crippen molar-refractivity contribution in [1.29, 1.82) is 0 Å². The minimum atomic E-state index is -3.57. The Morgan fingerprint density at radius 1 is 1.12 bits per heavy atom. The van der Waals surface area contributed by atoms with Gasteiger partial charge in [0, 0.05) is 24.4 Å². The third-order valence-corrected chi connectivity index (χ3v) is 8.79. The molecule has 176 valence electrons. The maximum absolute atomic E-state index is 13.8. The first-order chi connectivity index (χ1) is 15.9. The quantitative estimate of drug-likeness (QED) is 0.501. The molecule has 0 amide bonds. The van der Waals surface area contributed by atoms with Crippen molar-refractivity contribution >= 4 is 21.3 Å². The highest BCUT2D eigenvalue weighted by Crippen LogP contribution is 2.35. The van der Waals surface area contributed by atoms with Crippen LogP contribution in [-0.2, 0) is 30.5 Å². The van der Waals surface area contributed by atoms with Crippen LogP contribution in [0.2, 0.25) is 0 Å². The molecule has 0 aliphatic heterocycles. The van der Waals surface area contributed by atoms with E-state index in [0.29, 0.717) is 23.3 Å². The van der Waals surface area contributed by atoms with E-state index in [1.807, 2.05) is 24.3 Å². The van der Waals surface area contributed by atoms with Gasteiger partial charge in [0.05, 0.1) is 41.5 Å². The van der Waals surface area contributed by atoms with Crippen LogP contribution in [0.1, 0.15) is 44.1 Å². The SMILES string of the molecule is COC(=O)Cc1cnn2ccc(-c3ccccc3S(=O)(=O)C3CCCCCC(OC)C3)cc12. The zero-order valence-corrected chi connectivity index (χ0v) is 19.9. The van der Waals surface area contributed by atoms with Crippen LogP contribution in [0, 0.1) is 0 Å². The number of nitrogens with zero attached hydrogens (tertiary/aromatic N) is 2. The number of pyridine rings is 1. The molecule has 33 heavy (non-hydrogen) atoms. The van der Waals surface area contributed by atoms with Gasteiger partial charge in [0.15, 0.2) is 9.84 Å². The lowest BCUT2D eigenvalue weighted by Gasteiger charge is -2.26. The van der Waals surface area contributed by atoms with Gasteiger partial charge in [0.1, 0.15) is 0 Å². The average molecular weight is 471 g/mol. The van der Waals surface area contributed by atoms with Crippen molar-refractivity contribution in [2.24, 2.45) is 0 Å². The Balaban J connectivity index is 1.74. The van der Waals surface area contributed by atoms with E-state index in [1.54, 1.807) is 36.2 Å². The summed E-state index contributed by atoms with van der Waals surface area (Å²) in [5, 5.41) is 3.82. The number of hydrogen-bond donors (Lipinski definition) is 0. The molecule has 2 atom stereocenters. The van der Waals surface area contributed by atoms with Gasteiger partial charge in [-0.2, -0.15) is 5.10 Å². The molecule has 0 radical (unpaired) electrons. The van der Waals surface area contributed by atoms with Crippen molar-refractivity contribution in [3.63, 3.8) is 0 Å². The summed E-state index contributed by atoms with van der Waals surface area (Å²) in [6.07, 6.45) is 8.52. The monoisotopic (exact) mass is 470 g/mol. The predicted molar refractivity (Wildman–Crippen MR) is 126 cm³/mol. The predicted octanol–water partition coefficient (Wildman–Crippen LogP) is 4.23. The molecule has 8 heteroatoms. The second-order valence-electron chi connectivity index (χ2n) is 8.56. The van der Waals surface area contributed by atoms with E-state index in [2.05, 4.69) is 5.10 Å². The first kappa shape index (κ1) is 23.4. The third-order valence-electron chi connectivity index (χ3n) is 6.52. The van der Waals surface area contributed by atoms with Gasteiger partial charge in [0.2, 0.25) is 0 Å². The van der Waals surface area contributed by atoms with Crippen molar-refractivity contribution in [1.82, 2.24) is 9.61 Å². The number of aromatic nitrogens is 2. The first-order valence-electron chi connectivity index (χ1n) is 11.3. The summed E-state index contributed by atoms with van der Waals surface area (Å²) in [6.45, 7) is 0. The Bertz CT molecular complexity index is 1230. The third kappa shape index (κ3) is 4.96. The van der Waals surface area contributed by atoms with E-state index >= 15 is 0 Å². The number of esters is 1. The van der Waals surface area contributed by atoms with Gasteiger partial charge in [-0.15, -0.1) is 0 Å². The van der Waals surface area contributed by atoms with Gasteiger partial charge in [0.25, 0.3) is 0 Å². The Hall–Kier alpha value is -2.71. The summed E-state index contributed by atoms with van der Waals surface area (Å²) in [4.78, 5) is 12.1. The molecule has 4 rings (SSSR count). The largest absolute Gasteiger partial charge is 0.469 e. The maximum Gasteiger partial charge on any atom is 0.310 e. The molecule has 0 spiro atoms. The molecule has 0 N–H and O–H groups in total. The molecule has 3 aromatic rings. The molecule has 1 fully saturated rings. The Morgan fingerprint density at radius 2 is 1.91 bits per heavy atom. The van der Waals surface area contributed by atoms with Crippen molar-refractivity contribution in [2.45, 2.75) is 61.2 Å². The minimum absolute atomic E-state index is 0.0405. The lowest BCUT2D eigenvalue weighted by Crippen LogP contribution is -2.29. The van der Waals surface area contributed by atoms with Gasteiger partial charge in [-0.05, 0) is 43.0 Å². The number of fused-ring (bicyclic) bond motifs is 1. The molecule has 1 aliphatic carbocycles. The van der Waals surface area contributed by atoms with Crippen LogP contribution >= 0.6 is 0 Å². The molecule has 7 nitrogen and oxygen atoms in total. The van der Waals surface area contributed by atoms with Crippen LogP contribution in [0.3, 0.4) is 0 Å². The fraction of sp³-hybridized carbons (Fsp3) is 0.440. The molecule has 2 unspecified atom stereocenters. The lowest BCUT2D eigenvalue weighted by atomic mass is 9.98. The summed E-state index contributed by atoms with van der Waals surface area (Å²) in [5.74, 6) is -0.352. The molecule has 2 heterocycles. The van der Waals surface area contributed by atoms with E-state index in [1.165, 1.54) is 7.11 Å². The van der Waals surface area contributed by atoms with Crippen molar-refractivity contribution < 1.29 is 22.7 Å². The summed E-state index contributed by atoms with van der Waals surface area (Å²) in [6, 6.07) is 10.9. The molecular weight excluding hydrogens is 440 g/mol. The summed E-state index contributed by atoms with van der Waals surface area (Å²) in [7, 11) is -0.558. The van der Waals surface area contributed by atoms with Gasteiger partial charge in [-0.3, -0.25) is 4.79 Å². The molecule has 1 aliphatic rings. The van der Waals surface area contributed by atoms with Crippen LogP contribution < -0.4 is 0 Å².